The fourth-order valence-corrected chi connectivity index (χ4v) is 0.972. The van der Waals surface area contributed by atoms with Gasteiger partial charge in [0.25, 0.3) is 0 Å². The Bertz CT molecular complexity index is 314. The molecule has 0 aromatic carbocycles. The maximum atomic E-state index is 10.4. The molecule has 1 aromatic heterocycles. The van der Waals surface area contributed by atoms with Gasteiger partial charge < -0.3 is 10.2 Å². The van der Waals surface area contributed by atoms with Gasteiger partial charge in [0.05, 0.1) is 17.9 Å². The van der Waals surface area contributed by atoms with Gasteiger partial charge in [0.2, 0.25) is 0 Å². The summed E-state index contributed by atoms with van der Waals surface area (Å²) in [7, 11) is 0. The summed E-state index contributed by atoms with van der Waals surface area (Å²) in [6.45, 7) is -0.250. The van der Waals surface area contributed by atoms with E-state index in [1.165, 1.54) is 12.1 Å². The highest BCUT2D eigenvalue weighted by Gasteiger charge is 2.09. The fourth-order valence-electron chi connectivity index (χ4n) is 0.719. The molecule has 1 rings (SSSR count). The molecule has 0 fully saturated rings. The van der Waals surface area contributed by atoms with E-state index in [0.717, 1.165) is 0 Å². The first-order valence-corrected chi connectivity index (χ1v) is 3.52. The van der Waals surface area contributed by atoms with Crippen LogP contribution in [0.15, 0.2) is 12.1 Å². The summed E-state index contributed by atoms with van der Waals surface area (Å²) in [5, 5.41) is 17.1. The summed E-state index contributed by atoms with van der Waals surface area (Å²) in [5.41, 5.74) is 0.291. The average Bonchev–Trinajstić information content (AvgIpc) is 2.03. The standard InChI is InChI=1S/C7H6ClNO3/c8-6-5(7(11)12)2-1-4(3-10)9-6/h1-2,10H,3H2,(H,11,12). The smallest absolute Gasteiger partial charge is 0.338 e. The highest BCUT2D eigenvalue weighted by Crippen LogP contribution is 2.13. The molecule has 1 aromatic rings. The molecule has 5 heteroatoms. The Kier molecular flexibility index (Phi) is 2.62. The topological polar surface area (TPSA) is 70.4 Å². The van der Waals surface area contributed by atoms with Gasteiger partial charge in [0, 0.05) is 0 Å². The normalized spacial score (nSPS) is 9.83. The van der Waals surface area contributed by atoms with Crippen molar-refractivity contribution in [2.75, 3.05) is 0 Å². The van der Waals surface area contributed by atoms with Gasteiger partial charge in [-0.25, -0.2) is 9.78 Å². The lowest BCUT2D eigenvalue weighted by Gasteiger charge is -1.99. The summed E-state index contributed by atoms with van der Waals surface area (Å²) in [6, 6.07) is 2.72. The zero-order valence-corrected chi connectivity index (χ0v) is 6.75. The third kappa shape index (κ3) is 1.72. The quantitative estimate of drug-likeness (QED) is 0.676. The molecular formula is C7H6ClNO3. The first-order valence-electron chi connectivity index (χ1n) is 3.14. The molecule has 0 aliphatic heterocycles. The van der Waals surface area contributed by atoms with Gasteiger partial charge in [-0.3, -0.25) is 0 Å². The number of rotatable bonds is 2. The van der Waals surface area contributed by atoms with Gasteiger partial charge in [-0.1, -0.05) is 11.6 Å². The Morgan fingerprint density at radius 3 is 2.67 bits per heavy atom. The molecule has 0 atom stereocenters. The van der Waals surface area contributed by atoms with E-state index in [-0.39, 0.29) is 17.3 Å². The average molecular weight is 188 g/mol. The van der Waals surface area contributed by atoms with Crippen molar-refractivity contribution < 1.29 is 15.0 Å². The van der Waals surface area contributed by atoms with Crippen LogP contribution >= 0.6 is 11.6 Å². The fraction of sp³-hybridized carbons (Fsp3) is 0.143. The lowest BCUT2D eigenvalue weighted by molar-refractivity contribution is 0.0696. The van der Waals surface area contributed by atoms with Crippen LogP contribution in [-0.2, 0) is 6.61 Å². The van der Waals surface area contributed by atoms with Gasteiger partial charge in [-0.05, 0) is 12.1 Å². The molecule has 0 saturated carbocycles. The summed E-state index contributed by atoms with van der Waals surface area (Å²) >= 11 is 5.50. The number of hydrogen-bond acceptors (Lipinski definition) is 3. The predicted octanol–water partition coefficient (Wildman–Crippen LogP) is 0.925. The molecule has 0 aliphatic carbocycles. The molecule has 0 bridgehead atoms. The van der Waals surface area contributed by atoms with Crippen LogP contribution in [0.1, 0.15) is 16.1 Å². The molecule has 0 unspecified atom stereocenters. The zero-order valence-electron chi connectivity index (χ0n) is 5.99. The number of halogens is 1. The Labute approximate surface area is 73.4 Å². The summed E-state index contributed by atoms with van der Waals surface area (Å²) in [4.78, 5) is 14.1. The van der Waals surface area contributed by atoms with Gasteiger partial charge >= 0.3 is 5.97 Å². The van der Waals surface area contributed by atoms with Crippen LogP contribution in [0, 0.1) is 0 Å². The Hall–Kier alpha value is -1.13. The van der Waals surface area contributed by atoms with Crippen LogP contribution in [0.3, 0.4) is 0 Å². The zero-order chi connectivity index (χ0) is 9.14. The number of pyridine rings is 1. The monoisotopic (exact) mass is 187 g/mol. The van der Waals surface area contributed by atoms with E-state index < -0.39 is 5.97 Å². The van der Waals surface area contributed by atoms with E-state index in [1.807, 2.05) is 0 Å². The van der Waals surface area contributed by atoms with Crippen LogP contribution in [0.5, 0.6) is 0 Å². The SMILES string of the molecule is O=C(O)c1ccc(CO)nc1Cl. The summed E-state index contributed by atoms with van der Waals surface area (Å²) in [5.74, 6) is -1.13. The van der Waals surface area contributed by atoms with Gasteiger partial charge in [-0.15, -0.1) is 0 Å². The van der Waals surface area contributed by atoms with Crippen molar-refractivity contribution in [1.82, 2.24) is 4.98 Å². The summed E-state index contributed by atoms with van der Waals surface area (Å²) in [6.07, 6.45) is 0. The molecule has 4 nitrogen and oxygen atoms in total. The number of aromatic nitrogens is 1. The molecule has 12 heavy (non-hydrogen) atoms. The van der Waals surface area contributed by atoms with E-state index >= 15 is 0 Å². The van der Waals surface area contributed by atoms with Gasteiger partial charge in [-0.2, -0.15) is 0 Å². The third-order valence-electron chi connectivity index (χ3n) is 1.30. The highest BCUT2D eigenvalue weighted by molar-refractivity contribution is 6.32. The Morgan fingerprint density at radius 1 is 1.58 bits per heavy atom. The molecule has 0 saturated heterocycles. The lowest BCUT2D eigenvalue weighted by Crippen LogP contribution is -2.00. The number of nitrogens with zero attached hydrogens (tertiary/aromatic N) is 1. The largest absolute Gasteiger partial charge is 0.478 e. The minimum absolute atomic E-state index is 0.0612. The van der Waals surface area contributed by atoms with Gasteiger partial charge in [0.1, 0.15) is 5.15 Å². The third-order valence-corrected chi connectivity index (χ3v) is 1.59. The predicted molar refractivity (Wildman–Crippen MR) is 42.1 cm³/mol. The first-order chi connectivity index (χ1) is 5.65. The van der Waals surface area contributed by atoms with Crippen molar-refractivity contribution in [2.24, 2.45) is 0 Å². The number of hydrogen-bond donors (Lipinski definition) is 2. The van der Waals surface area contributed by atoms with E-state index in [1.54, 1.807) is 0 Å². The van der Waals surface area contributed by atoms with Crippen molar-refractivity contribution in [1.29, 1.82) is 0 Å². The van der Waals surface area contributed by atoms with Crippen LogP contribution in [0.4, 0.5) is 0 Å². The molecule has 0 radical (unpaired) electrons. The van der Waals surface area contributed by atoms with Gasteiger partial charge in [0.15, 0.2) is 0 Å². The van der Waals surface area contributed by atoms with Crippen molar-refractivity contribution >= 4 is 17.6 Å². The van der Waals surface area contributed by atoms with Crippen LogP contribution in [0.25, 0.3) is 0 Å². The molecule has 1 heterocycles. The van der Waals surface area contributed by atoms with Crippen LogP contribution in [-0.4, -0.2) is 21.2 Å². The van der Waals surface area contributed by atoms with E-state index in [9.17, 15) is 4.79 Å². The van der Waals surface area contributed by atoms with Crippen LogP contribution < -0.4 is 0 Å². The van der Waals surface area contributed by atoms with E-state index in [4.69, 9.17) is 21.8 Å². The van der Waals surface area contributed by atoms with Crippen molar-refractivity contribution in [2.45, 2.75) is 6.61 Å². The molecule has 0 aliphatic rings. The minimum Gasteiger partial charge on any atom is -0.478 e. The maximum absolute atomic E-state index is 10.4. The number of carboxylic acids is 1. The van der Waals surface area contributed by atoms with Crippen molar-refractivity contribution in [3.05, 3.63) is 28.5 Å². The molecule has 0 spiro atoms. The van der Waals surface area contributed by atoms with Crippen molar-refractivity contribution in [3.63, 3.8) is 0 Å². The minimum atomic E-state index is -1.13. The first kappa shape index (κ1) is 8.96. The number of carbonyl (C=O) groups is 1. The number of aliphatic hydroxyl groups excluding tert-OH is 1. The second-order valence-corrected chi connectivity index (χ2v) is 2.46. The lowest BCUT2D eigenvalue weighted by atomic mass is 10.2. The maximum Gasteiger partial charge on any atom is 0.338 e. The molecular weight excluding hydrogens is 182 g/mol. The Morgan fingerprint density at radius 2 is 2.25 bits per heavy atom. The second-order valence-electron chi connectivity index (χ2n) is 2.10. The molecule has 2 N–H and O–H groups in total. The van der Waals surface area contributed by atoms with E-state index in [2.05, 4.69) is 4.98 Å². The van der Waals surface area contributed by atoms with Crippen LogP contribution in [0.2, 0.25) is 5.15 Å². The number of aliphatic hydroxyl groups is 1. The van der Waals surface area contributed by atoms with E-state index in [0.29, 0.717) is 5.69 Å². The molecule has 64 valence electrons. The molecule has 0 amide bonds. The number of aromatic carboxylic acids is 1. The Balaban J connectivity index is 3.12. The van der Waals surface area contributed by atoms with Crippen molar-refractivity contribution in [3.8, 4) is 0 Å². The summed E-state index contributed by atoms with van der Waals surface area (Å²) < 4.78 is 0. The number of carboxylic acid groups (broad SMARTS) is 1. The highest BCUT2D eigenvalue weighted by atomic mass is 35.5. The second kappa shape index (κ2) is 3.51.